The van der Waals surface area contributed by atoms with Crippen LogP contribution in [0.25, 0.3) is 0 Å². The van der Waals surface area contributed by atoms with Crippen molar-refractivity contribution >= 4 is 5.91 Å². The molecule has 5 heteroatoms. The van der Waals surface area contributed by atoms with Crippen LogP contribution in [0.3, 0.4) is 0 Å². The Morgan fingerprint density at radius 1 is 1.45 bits per heavy atom. The summed E-state index contributed by atoms with van der Waals surface area (Å²) in [5, 5.41) is 16.0. The van der Waals surface area contributed by atoms with Gasteiger partial charge < -0.3 is 20.5 Å². The van der Waals surface area contributed by atoms with Gasteiger partial charge in [-0.15, -0.1) is 0 Å². The van der Waals surface area contributed by atoms with Crippen LogP contribution >= 0.6 is 0 Å². The number of amides is 1. The van der Waals surface area contributed by atoms with E-state index in [0.29, 0.717) is 26.0 Å². The average Bonchev–Trinajstić information content (AvgIpc) is 2.49. The third-order valence-electron chi connectivity index (χ3n) is 3.34. The lowest BCUT2D eigenvalue weighted by Crippen LogP contribution is -2.41. The maximum Gasteiger partial charge on any atom is 0.222 e. The lowest BCUT2D eigenvalue weighted by atomic mass is 10.1. The molecule has 1 aromatic rings. The molecule has 2 rings (SSSR count). The number of hydrogen-bond donors (Lipinski definition) is 3. The van der Waals surface area contributed by atoms with Gasteiger partial charge >= 0.3 is 0 Å². The molecule has 2 atom stereocenters. The van der Waals surface area contributed by atoms with Crippen molar-refractivity contribution in [2.45, 2.75) is 25.0 Å². The van der Waals surface area contributed by atoms with Crippen LogP contribution in [-0.2, 0) is 9.53 Å². The molecule has 3 N–H and O–H groups in total. The second kappa shape index (κ2) is 7.99. The van der Waals surface area contributed by atoms with Crippen molar-refractivity contribution in [3.63, 3.8) is 0 Å². The molecule has 0 spiro atoms. The first kappa shape index (κ1) is 15.0. The Morgan fingerprint density at radius 3 is 2.95 bits per heavy atom. The Morgan fingerprint density at radius 2 is 2.25 bits per heavy atom. The minimum Gasteiger partial charge on any atom is -0.388 e. The fraction of sp³-hybridized carbons (Fsp3) is 0.533. The van der Waals surface area contributed by atoms with Gasteiger partial charge in [-0.05, 0) is 12.0 Å². The number of carbonyl (C=O) groups is 1. The molecule has 1 aromatic carbocycles. The third-order valence-corrected chi connectivity index (χ3v) is 3.34. The zero-order valence-electron chi connectivity index (χ0n) is 11.5. The van der Waals surface area contributed by atoms with E-state index in [0.717, 1.165) is 18.7 Å². The normalized spacial score (nSPS) is 20.4. The zero-order chi connectivity index (χ0) is 14.2. The molecular weight excluding hydrogens is 256 g/mol. The van der Waals surface area contributed by atoms with Crippen LogP contribution in [-0.4, -0.2) is 43.4 Å². The summed E-state index contributed by atoms with van der Waals surface area (Å²) in [5.74, 6) is -0.0287. The van der Waals surface area contributed by atoms with Gasteiger partial charge in [0, 0.05) is 19.6 Å². The highest BCUT2D eigenvalue weighted by atomic mass is 16.5. The number of hydrogen-bond acceptors (Lipinski definition) is 4. The number of rotatable bonds is 6. The molecule has 1 aliphatic heterocycles. The van der Waals surface area contributed by atoms with Crippen molar-refractivity contribution in [3.8, 4) is 0 Å². The summed E-state index contributed by atoms with van der Waals surface area (Å²) in [4.78, 5) is 11.7. The van der Waals surface area contributed by atoms with E-state index in [4.69, 9.17) is 4.74 Å². The summed E-state index contributed by atoms with van der Waals surface area (Å²) in [7, 11) is 0. The number of aliphatic hydroxyl groups is 1. The van der Waals surface area contributed by atoms with Gasteiger partial charge in [-0.3, -0.25) is 4.79 Å². The topological polar surface area (TPSA) is 70.6 Å². The number of nitrogens with one attached hydrogen (secondary N) is 2. The van der Waals surface area contributed by atoms with Gasteiger partial charge in [0.1, 0.15) is 0 Å². The number of carbonyl (C=O) groups excluding carboxylic acids is 1. The summed E-state index contributed by atoms with van der Waals surface area (Å²) in [6.07, 6.45) is 0.306. The van der Waals surface area contributed by atoms with Crippen LogP contribution in [0.5, 0.6) is 0 Å². The summed E-state index contributed by atoms with van der Waals surface area (Å²) < 4.78 is 5.47. The van der Waals surface area contributed by atoms with Crippen LogP contribution in [0, 0.1) is 0 Å². The van der Waals surface area contributed by atoms with Crippen molar-refractivity contribution in [1.29, 1.82) is 0 Å². The fourth-order valence-electron chi connectivity index (χ4n) is 2.22. The highest BCUT2D eigenvalue weighted by Crippen LogP contribution is 2.14. The molecule has 1 fully saturated rings. The van der Waals surface area contributed by atoms with Crippen LogP contribution in [0.15, 0.2) is 30.3 Å². The van der Waals surface area contributed by atoms with Gasteiger partial charge in [-0.1, -0.05) is 30.3 Å². The highest BCUT2D eigenvalue weighted by molar-refractivity contribution is 5.76. The summed E-state index contributed by atoms with van der Waals surface area (Å²) >= 11 is 0. The summed E-state index contributed by atoms with van der Waals surface area (Å²) in [6.45, 7) is 2.70. The molecule has 20 heavy (non-hydrogen) atoms. The van der Waals surface area contributed by atoms with Gasteiger partial charge in [0.2, 0.25) is 5.91 Å². The van der Waals surface area contributed by atoms with Gasteiger partial charge in [-0.25, -0.2) is 0 Å². The van der Waals surface area contributed by atoms with Crippen LogP contribution < -0.4 is 10.6 Å². The predicted molar refractivity (Wildman–Crippen MR) is 76.3 cm³/mol. The zero-order valence-corrected chi connectivity index (χ0v) is 11.5. The van der Waals surface area contributed by atoms with Gasteiger partial charge in [-0.2, -0.15) is 0 Å². The molecular formula is C15H22N2O3. The molecule has 1 heterocycles. The van der Waals surface area contributed by atoms with E-state index in [9.17, 15) is 9.90 Å². The van der Waals surface area contributed by atoms with E-state index in [1.807, 2.05) is 30.3 Å². The number of benzene rings is 1. The maximum absolute atomic E-state index is 11.7. The third kappa shape index (κ3) is 4.92. The average molecular weight is 278 g/mol. The van der Waals surface area contributed by atoms with Gasteiger partial charge in [0.05, 0.1) is 25.2 Å². The summed E-state index contributed by atoms with van der Waals surface area (Å²) in [6, 6.07) is 9.47. The number of aliphatic hydroxyl groups excluding tert-OH is 1. The second-order valence-corrected chi connectivity index (χ2v) is 4.97. The molecule has 0 saturated carbocycles. The second-order valence-electron chi connectivity index (χ2n) is 4.97. The van der Waals surface area contributed by atoms with Crippen molar-refractivity contribution in [2.75, 3.05) is 26.2 Å². The lowest BCUT2D eigenvalue weighted by molar-refractivity contribution is -0.124. The Hall–Kier alpha value is -1.43. The van der Waals surface area contributed by atoms with Gasteiger partial charge in [0.15, 0.2) is 0 Å². The minimum absolute atomic E-state index is 0.0287. The largest absolute Gasteiger partial charge is 0.388 e. The first-order chi connectivity index (χ1) is 9.75. The van der Waals surface area contributed by atoms with E-state index >= 15 is 0 Å². The van der Waals surface area contributed by atoms with E-state index in [2.05, 4.69) is 10.6 Å². The van der Waals surface area contributed by atoms with Crippen molar-refractivity contribution < 1.29 is 14.6 Å². The first-order valence-electron chi connectivity index (χ1n) is 7.08. The summed E-state index contributed by atoms with van der Waals surface area (Å²) in [5.41, 5.74) is 0.876. The van der Waals surface area contributed by atoms with Crippen LogP contribution in [0.2, 0.25) is 0 Å². The molecule has 0 aliphatic carbocycles. The van der Waals surface area contributed by atoms with Crippen LogP contribution in [0.1, 0.15) is 24.5 Å². The lowest BCUT2D eigenvalue weighted by Gasteiger charge is -2.23. The minimum atomic E-state index is -0.538. The van der Waals surface area contributed by atoms with E-state index in [1.165, 1.54) is 0 Å². The molecule has 0 radical (unpaired) electrons. The van der Waals surface area contributed by atoms with Crippen LogP contribution in [0.4, 0.5) is 0 Å². The Kier molecular flexibility index (Phi) is 5.98. The Balaban J connectivity index is 1.63. The molecule has 0 aromatic heterocycles. The van der Waals surface area contributed by atoms with Crippen molar-refractivity contribution in [2.24, 2.45) is 0 Å². The van der Waals surface area contributed by atoms with Crippen molar-refractivity contribution in [1.82, 2.24) is 10.6 Å². The predicted octanol–water partition coefficient (Wildman–Crippen LogP) is 0.605. The fourth-order valence-corrected chi connectivity index (χ4v) is 2.22. The van der Waals surface area contributed by atoms with Crippen molar-refractivity contribution in [3.05, 3.63) is 35.9 Å². The smallest absolute Gasteiger partial charge is 0.222 e. The maximum atomic E-state index is 11.7. The first-order valence-corrected chi connectivity index (χ1v) is 7.08. The SMILES string of the molecule is O=C(CC1CNCCO1)NCCC(O)c1ccccc1. The molecule has 1 aliphatic rings. The van der Waals surface area contributed by atoms with E-state index < -0.39 is 6.10 Å². The van der Waals surface area contributed by atoms with E-state index in [-0.39, 0.29) is 12.0 Å². The Bertz CT molecular complexity index is 405. The van der Waals surface area contributed by atoms with Gasteiger partial charge in [0.25, 0.3) is 0 Å². The quantitative estimate of drug-likeness (QED) is 0.713. The highest BCUT2D eigenvalue weighted by Gasteiger charge is 2.17. The van der Waals surface area contributed by atoms with E-state index in [1.54, 1.807) is 0 Å². The standard InChI is InChI=1S/C15H22N2O3/c18-14(12-4-2-1-3-5-12)6-7-17-15(19)10-13-11-16-8-9-20-13/h1-5,13-14,16,18H,6-11H2,(H,17,19). The number of ether oxygens (including phenoxy) is 1. The monoisotopic (exact) mass is 278 g/mol. The number of morpholine rings is 1. The molecule has 1 saturated heterocycles. The molecule has 2 unspecified atom stereocenters. The molecule has 5 nitrogen and oxygen atoms in total. The Labute approximate surface area is 119 Å². The molecule has 1 amide bonds. The molecule has 0 bridgehead atoms. The molecule has 110 valence electrons.